The molecule has 1 heterocycles. The van der Waals surface area contributed by atoms with Crippen molar-refractivity contribution in [2.75, 3.05) is 18.1 Å². The van der Waals surface area contributed by atoms with E-state index in [1.165, 1.54) is 32.3 Å². The van der Waals surface area contributed by atoms with Gasteiger partial charge in [0, 0.05) is 24.0 Å². The summed E-state index contributed by atoms with van der Waals surface area (Å²) in [5, 5.41) is 3.83. The molecule has 2 aromatic rings. The van der Waals surface area contributed by atoms with Crippen molar-refractivity contribution in [3.63, 3.8) is 0 Å². The molecule has 0 radical (unpaired) electrons. The molecule has 2 rings (SSSR count). The zero-order chi connectivity index (χ0) is 18.2. The van der Waals surface area contributed by atoms with E-state index in [0.717, 1.165) is 47.2 Å². The molecule has 3 unspecified atom stereocenters. The lowest BCUT2D eigenvalue weighted by molar-refractivity contribution is -0.114. The number of aromatic nitrogens is 1. The van der Waals surface area contributed by atoms with E-state index in [-0.39, 0.29) is 5.91 Å². The van der Waals surface area contributed by atoms with Crippen LogP contribution in [0.5, 0.6) is 5.75 Å². The summed E-state index contributed by atoms with van der Waals surface area (Å²) >= 11 is 0. The average Bonchev–Trinajstić information content (AvgIpc) is 2.99. The van der Waals surface area contributed by atoms with E-state index in [2.05, 4.69) is 33.4 Å². The molecule has 2 N–H and O–H groups in total. The maximum Gasteiger partial charge on any atom is 0.221 e. The van der Waals surface area contributed by atoms with Crippen molar-refractivity contribution in [1.29, 1.82) is 0 Å². The number of anilines is 1. The van der Waals surface area contributed by atoms with Crippen molar-refractivity contribution >= 4 is 31.7 Å². The van der Waals surface area contributed by atoms with Crippen molar-refractivity contribution in [1.82, 2.24) is 4.98 Å². The summed E-state index contributed by atoms with van der Waals surface area (Å²) in [7, 11) is 2.85. The number of hydrogen-bond donors (Lipinski definition) is 2. The van der Waals surface area contributed by atoms with Crippen LogP contribution >= 0.6 is 9.24 Å². The van der Waals surface area contributed by atoms with Gasteiger partial charge in [-0.1, -0.05) is 26.7 Å². The molecule has 0 saturated carbocycles. The monoisotopic (exact) mass is 362 g/mol. The highest BCUT2D eigenvalue weighted by molar-refractivity contribution is 7.16. The van der Waals surface area contributed by atoms with Gasteiger partial charge in [0.15, 0.2) is 0 Å². The van der Waals surface area contributed by atoms with Crippen molar-refractivity contribution < 1.29 is 9.53 Å². The Bertz CT molecular complexity index is 683. The van der Waals surface area contributed by atoms with Crippen molar-refractivity contribution in [3.05, 3.63) is 24.4 Å². The SMILES string of the molecule is CCC(CCP)C(CC)CCOc1ccc2[nH]cc(NC(C)=O)c2c1. The summed E-state index contributed by atoms with van der Waals surface area (Å²) in [5.41, 5.74) is 1.79. The summed E-state index contributed by atoms with van der Waals surface area (Å²) in [6.45, 7) is 6.82. The van der Waals surface area contributed by atoms with E-state index in [0.29, 0.717) is 0 Å². The number of ether oxygens (including phenoxy) is 1. The molecule has 138 valence electrons. The second-order valence-electron chi connectivity index (χ2n) is 6.64. The fraction of sp³-hybridized carbons (Fsp3) is 0.550. The van der Waals surface area contributed by atoms with Gasteiger partial charge in [-0.25, -0.2) is 0 Å². The number of amides is 1. The number of rotatable bonds is 10. The van der Waals surface area contributed by atoms with Crippen LogP contribution in [0.1, 0.15) is 46.5 Å². The molecular formula is C20H31N2O2P. The largest absolute Gasteiger partial charge is 0.494 e. The van der Waals surface area contributed by atoms with Crippen molar-refractivity contribution in [2.45, 2.75) is 46.5 Å². The fourth-order valence-electron chi connectivity index (χ4n) is 3.57. The van der Waals surface area contributed by atoms with Gasteiger partial charge < -0.3 is 15.0 Å². The molecule has 1 aromatic carbocycles. The average molecular weight is 362 g/mol. The third-order valence-corrected chi connectivity index (χ3v) is 5.31. The quantitative estimate of drug-likeness (QED) is 0.570. The highest BCUT2D eigenvalue weighted by atomic mass is 31.0. The summed E-state index contributed by atoms with van der Waals surface area (Å²) in [6.07, 6.45) is 7.79. The van der Waals surface area contributed by atoms with Crippen LogP contribution in [0.3, 0.4) is 0 Å². The molecule has 0 saturated heterocycles. The lowest BCUT2D eigenvalue weighted by Gasteiger charge is -2.25. The first-order valence-electron chi connectivity index (χ1n) is 9.30. The third kappa shape index (κ3) is 5.47. The molecule has 0 aliphatic rings. The number of benzene rings is 1. The Hall–Kier alpha value is -1.54. The minimum Gasteiger partial charge on any atom is -0.494 e. The number of nitrogens with one attached hydrogen (secondary N) is 2. The molecule has 4 nitrogen and oxygen atoms in total. The Labute approximate surface area is 153 Å². The zero-order valence-corrected chi connectivity index (χ0v) is 16.8. The van der Waals surface area contributed by atoms with E-state index < -0.39 is 0 Å². The molecule has 0 bridgehead atoms. The zero-order valence-electron chi connectivity index (χ0n) is 15.6. The van der Waals surface area contributed by atoms with Crippen LogP contribution in [-0.2, 0) is 4.79 Å². The lowest BCUT2D eigenvalue weighted by atomic mass is 9.84. The highest BCUT2D eigenvalue weighted by Gasteiger charge is 2.17. The van der Waals surface area contributed by atoms with Gasteiger partial charge in [-0.15, -0.1) is 9.24 Å². The first-order chi connectivity index (χ1) is 12.1. The third-order valence-electron chi connectivity index (χ3n) is 4.97. The van der Waals surface area contributed by atoms with Gasteiger partial charge in [0.1, 0.15) is 5.75 Å². The second kappa shape index (κ2) is 9.82. The van der Waals surface area contributed by atoms with Crippen LogP contribution in [-0.4, -0.2) is 23.7 Å². The Balaban J connectivity index is 1.99. The molecule has 3 atom stereocenters. The Morgan fingerprint density at radius 2 is 1.96 bits per heavy atom. The standard InChI is InChI=1S/C20H31N2O2P/c1-4-15(16(5-2)9-11-25)8-10-24-17-6-7-19-18(12-17)20(13-21-19)22-14(3)23/h6-7,12-13,15-16,21H,4-5,8-11,25H2,1-3H3,(H,22,23). The summed E-state index contributed by atoms with van der Waals surface area (Å²) in [6, 6.07) is 5.98. The van der Waals surface area contributed by atoms with E-state index in [9.17, 15) is 4.79 Å². The van der Waals surface area contributed by atoms with E-state index >= 15 is 0 Å². The van der Waals surface area contributed by atoms with Crippen LogP contribution < -0.4 is 10.1 Å². The van der Waals surface area contributed by atoms with Crippen LogP contribution in [0.2, 0.25) is 0 Å². The lowest BCUT2D eigenvalue weighted by Crippen LogP contribution is -2.17. The smallest absolute Gasteiger partial charge is 0.221 e. The molecule has 1 aromatic heterocycles. The van der Waals surface area contributed by atoms with Gasteiger partial charge in [0.25, 0.3) is 0 Å². The van der Waals surface area contributed by atoms with E-state index in [4.69, 9.17) is 4.74 Å². The Morgan fingerprint density at radius 3 is 2.60 bits per heavy atom. The normalized spacial score (nSPS) is 13.6. The summed E-state index contributed by atoms with van der Waals surface area (Å²) in [5.74, 6) is 2.28. The van der Waals surface area contributed by atoms with Crippen molar-refractivity contribution in [2.24, 2.45) is 11.8 Å². The van der Waals surface area contributed by atoms with Crippen LogP contribution in [0.4, 0.5) is 5.69 Å². The van der Waals surface area contributed by atoms with Gasteiger partial charge in [0.05, 0.1) is 12.3 Å². The highest BCUT2D eigenvalue weighted by Crippen LogP contribution is 2.29. The predicted molar refractivity (Wildman–Crippen MR) is 109 cm³/mol. The number of aromatic amines is 1. The summed E-state index contributed by atoms with van der Waals surface area (Å²) < 4.78 is 6.02. The van der Waals surface area contributed by atoms with Gasteiger partial charge in [-0.3, -0.25) is 4.79 Å². The molecule has 0 fully saturated rings. The molecule has 0 aliphatic heterocycles. The van der Waals surface area contributed by atoms with Crippen molar-refractivity contribution in [3.8, 4) is 5.75 Å². The molecule has 0 aliphatic carbocycles. The first kappa shape index (κ1) is 19.8. The number of fused-ring (bicyclic) bond motifs is 1. The maximum atomic E-state index is 11.3. The second-order valence-corrected chi connectivity index (χ2v) is 7.22. The van der Waals surface area contributed by atoms with Crippen LogP contribution in [0.15, 0.2) is 24.4 Å². The number of carbonyl (C=O) groups is 1. The van der Waals surface area contributed by atoms with Gasteiger partial charge in [-0.05, 0) is 49.0 Å². The topological polar surface area (TPSA) is 54.1 Å². The molecule has 1 amide bonds. The number of H-pyrrole nitrogens is 1. The minimum absolute atomic E-state index is 0.0716. The van der Waals surface area contributed by atoms with Gasteiger partial charge >= 0.3 is 0 Å². The maximum absolute atomic E-state index is 11.3. The molecule has 25 heavy (non-hydrogen) atoms. The fourth-order valence-corrected chi connectivity index (χ4v) is 4.00. The van der Waals surface area contributed by atoms with Crippen LogP contribution in [0, 0.1) is 11.8 Å². The Morgan fingerprint density at radius 1 is 1.24 bits per heavy atom. The number of carbonyl (C=O) groups excluding carboxylic acids is 1. The first-order valence-corrected chi connectivity index (χ1v) is 10.1. The van der Waals surface area contributed by atoms with Crippen LogP contribution in [0.25, 0.3) is 10.9 Å². The molecule has 0 spiro atoms. The minimum atomic E-state index is -0.0716. The van der Waals surface area contributed by atoms with Gasteiger partial charge in [0.2, 0.25) is 5.91 Å². The molecule has 5 heteroatoms. The van der Waals surface area contributed by atoms with E-state index in [1.54, 1.807) is 0 Å². The molecular weight excluding hydrogens is 331 g/mol. The van der Waals surface area contributed by atoms with Gasteiger partial charge in [-0.2, -0.15) is 0 Å². The summed E-state index contributed by atoms with van der Waals surface area (Å²) in [4.78, 5) is 14.5. The van der Waals surface area contributed by atoms with E-state index in [1.807, 2.05) is 24.4 Å². The Kier molecular flexibility index (Phi) is 7.77. The predicted octanol–water partition coefficient (Wildman–Crippen LogP) is 5.21. The number of hydrogen-bond acceptors (Lipinski definition) is 2.